The van der Waals surface area contributed by atoms with E-state index >= 15 is 0 Å². The number of nitrogens with one attached hydrogen (secondary N) is 2. The van der Waals surface area contributed by atoms with Gasteiger partial charge < -0.3 is 15.0 Å². The average molecular weight is 380 g/mol. The number of nitrogens with zero attached hydrogens (tertiary/aromatic N) is 2. The molecule has 0 saturated carbocycles. The first-order valence-corrected chi connectivity index (χ1v) is 8.85. The molecule has 8 nitrogen and oxygen atoms in total. The maximum absolute atomic E-state index is 12.1. The first-order valence-electron chi connectivity index (χ1n) is 8.85. The van der Waals surface area contributed by atoms with Crippen molar-refractivity contribution >= 4 is 5.91 Å². The Bertz CT molecular complexity index is 1050. The summed E-state index contributed by atoms with van der Waals surface area (Å²) < 4.78 is 6.73. The van der Waals surface area contributed by atoms with Crippen LogP contribution in [-0.2, 0) is 6.54 Å². The number of hydrogen-bond acceptors (Lipinski definition) is 5. The number of ether oxygens (including phenoxy) is 1. The minimum absolute atomic E-state index is 0.220. The molecule has 8 heteroatoms. The van der Waals surface area contributed by atoms with Crippen molar-refractivity contribution in [3.05, 3.63) is 81.0 Å². The van der Waals surface area contributed by atoms with Crippen LogP contribution in [0.5, 0.6) is 5.75 Å². The summed E-state index contributed by atoms with van der Waals surface area (Å²) in [5.41, 5.74) is 1.30. The second-order valence-corrected chi connectivity index (χ2v) is 5.93. The molecule has 0 aliphatic carbocycles. The SMILES string of the molecule is CCOc1ccc(-c2ccc(=O)n(CCNC(=O)c3ccc(=O)[nH]c3)n2)cc1. The maximum Gasteiger partial charge on any atom is 0.266 e. The fraction of sp³-hybridized carbons (Fsp3) is 0.200. The van der Waals surface area contributed by atoms with Gasteiger partial charge in [0.2, 0.25) is 5.56 Å². The fourth-order valence-corrected chi connectivity index (χ4v) is 2.58. The molecule has 2 N–H and O–H groups in total. The van der Waals surface area contributed by atoms with Gasteiger partial charge in [0, 0.05) is 30.4 Å². The molecule has 0 spiro atoms. The van der Waals surface area contributed by atoms with Gasteiger partial charge in [0.05, 0.1) is 24.4 Å². The third kappa shape index (κ3) is 4.73. The van der Waals surface area contributed by atoms with Crippen LogP contribution in [0.25, 0.3) is 11.3 Å². The van der Waals surface area contributed by atoms with Gasteiger partial charge in [-0.1, -0.05) is 0 Å². The van der Waals surface area contributed by atoms with Gasteiger partial charge in [-0.05, 0) is 43.3 Å². The van der Waals surface area contributed by atoms with Crippen LogP contribution in [0, 0.1) is 0 Å². The average Bonchev–Trinajstić information content (AvgIpc) is 2.71. The number of H-pyrrole nitrogens is 1. The first-order chi connectivity index (χ1) is 13.6. The Labute approximate surface area is 160 Å². The second kappa shape index (κ2) is 8.81. The lowest BCUT2D eigenvalue weighted by Gasteiger charge is -2.09. The lowest BCUT2D eigenvalue weighted by atomic mass is 10.1. The van der Waals surface area contributed by atoms with E-state index in [9.17, 15) is 14.4 Å². The highest BCUT2D eigenvalue weighted by Gasteiger charge is 2.07. The second-order valence-electron chi connectivity index (χ2n) is 5.93. The number of carbonyl (C=O) groups excluding carboxylic acids is 1. The van der Waals surface area contributed by atoms with Gasteiger partial charge in [-0.15, -0.1) is 0 Å². The predicted molar refractivity (Wildman–Crippen MR) is 104 cm³/mol. The summed E-state index contributed by atoms with van der Waals surface area (Å²) in [5, 5.41) is 7.06. The molecule has 2 heterocycles. The minimum Gasteiger partial charge on any atom is -0.494 e. The number of pyridine rings is 1. The van der Waals surface area contributed by atoms with Crippen LogP contribution >= 0.6 is 0 Å². The van der Waals surface area contributed by atoms with E-state index in [1.807, 2.05) is 31.2 Å². The highest BCUT2D eigenvalue weighted by atomic mass is 16.5. The van der Waals surface area contributed by atoms with Gasteiger partial charge in [0.1, 0.15) is 5.75 Å². The van der Waals surface area contributed by atoms with Gasteiger partial charge in [-0.3, -0.25) is 14.4 Å². The van der Waals surface area contributed by atoms with E-state index in [0.29, 0.717) is 17.9 Å². The molecule has 2 aromatic heterocycles. The Hall–Kier alpha value is -3.68. The van der Waals surface area contributed by atoms with Crippen molar-refractivity contribution < 1.29 is 9.53 Å². The zero-order valence-corrected chi connectivity index (χ0v) is 15.3. The Balaban J connectivity index is 1.66. The van der Waals surface area contributed by atoms with Crippen molar-refractivity contribution in [3.63, 3.8) is 0 Å². The van der Waals surface area contributed by atoms with Gasteiger partial charge in [-0.25, -0.2) is 4.68 Å². The first kappa shape index (κ1) is 19.1. The lowest BCUT2D eigenvalue weighted by Crippen LogP contribution is -2.32. The zero-order chi connectivity index (χ0) is 19.9. The Morgan fingerprint density at radius 1 is 1.11 bits per heavy atom. The summed E-state index contributed by atoms with van der Waals surface area (Å²) in [5.74, 6) is 0.427. The van der Waals surface area contributed by atoms with E-state index in [0.717, 1.165) is 11.3 Å². The number of hydrogen-bond donors (Lipinski definition) is 2. The predicted octanol–water partition coefficient (Wildman–Crippen LogP) is 1.43. The fourth-order valence-electron chi connectivity index (χ4n) is 2.58. The summed E-state index contributed by atoms with van der Waals surface area (Å²) in [6.07, 6.45) is 1.34. The van der Waals surface area contributed by atoms with E-state index in [1.165, 1.54) is 29.1 Å². The van der Waals surface area contributed by atoms with Crippen molar-refractivity contribution in [3.8, 4) is 17.0 Å². The third-order valence-electron chi connectivity index (χ3n) is 3.98. The topological polar surface area (TPSA) is 106 Å². The van der Waals surface area contributed by atoms with Crippen LogP contribution in [0.4, 0.5) is 0 Å². The van der Waals surface area contributed by atoms with Crippen molar-refractivity contribution in [1.82, 2.24) is 20.1 Å². The smallest absolute Gasteiger partial charge is 0.266 e. The standard InChI is InChI=1S/C20H20N4O4/c1-2-28-16-6-3-14(4-7-16)17-8-10-19(26)24(23-17)12-11-21-20(27)15-5-9-18(25)22-13-15/h3-10,13H,2,11-12H2,1H3,(H,21,27)(H,22,25). The molecule has 1 aromatic carbocycles. The molecule has 0 atom stereocenters. The van der Waals surface area contributed by atoms with Gasteiger partial charge in [-0.2, -0.15) is 5.10 Å². The molecule has 3 aromatic rings. The highest BCUT2D eigenvalue weighted by molar-refractivity contribution is 5.93. The van der Waals surface area contributed by atoms with Crippen molar-refractivity contribution in [2.24, 2.45) is 0 Å². The molecule has 1 amide bonds. The quantitative estimate of drug-likeness (QED) is 0.645. The highest BCUT2D eigenvalue weighted by Crippen LogP contribution is 2.19. The van der Waals surface area contributed by atoms with Crippen molar-refractivity contribution in [2.75, 3.05) is 13.2 Å². The van der Waals surface area contributed by atoms with Crippen LogP contribution in [-0.4, -0.2) is 33.8 Å². The summed E-state index contributed by atoms with van der Waals surface area (Å²) in [6, 6.07) is 13.3. The summed E-state index contributed by atoms with van der Waals surface area (Å²) in [4.78, 5) is 37.6. The van der Waals surface area contributed by atoms with Crippen LogP contribution in [0.3, 0.4) is 0 Å². The molecule has 3 rings (SSSR count). The van der Waals surface area contributed by atoms with Crippen LogP contribution in [0.1, 0.15) is 17.3 Å². The molecule has 0 aliphatic heterocycles. The van der Waals surface area contributed by atoms with E-state index in [1.54, 1.807) is 6.07 Å². The van der Waals surface area contributed by atoms with Crippen LogP contribution in [0.2, 0.25) is 0 Å². The van der Waals surface area contributed by atoms with Gasteiger partial charge in [0.25, 0.3) is 11.5 Å². The van der Waals surface area contributed by atoms with E-state index in [4.69, 9.17) is 4.74 Å². The minimum atomic E-state index is -0.341. The molecular formula is C20H20N4O4. The molecule has 0 bridgehead atoms. The van der Waals surface area contributed by atoms with Gasteiger partial charge in [0.15, 0.2) is 0 Å². The molecule has 28 heavy (non-hydrogen) atoms. The normalized spacial score (nSPS) is 10.5. The van der Waals surface area contributed by atoms with Crippen LogP contribution < -0.4 is 21.2 Å². The molecule has 0 unspecified atom stereocenters. The van der Waals surface area contributed by atoms with E-state index in [-0.39, 0.29) is 30.1 Å². The maximum atomic E-state index is 12.1. The molecule has 144 valence electrons. The molecule has 0 aliphatic rings. The Kier molecular flexibility index (Phi) is 6.01. The summed E-state index contributed by atoms with van der Waals surface area (Å²) in [7, 11) is 0. The largest absolute Gasteiger partial charge is 0.494 e. The van der Waals surface area contributed by atoms with E-state index < -0.39 is 0 Å². The Morgan fingerprint density at radius 2 is 1.89 bits per heavy atom. The third-order valence-corrected chi connectivity index (χ3v) is 3.98. The van der Waals surface area contributed by atoms with Crippen molar-refractivity contribution in [1.29, 1.82) is 0 Å². The Morgan fingerprint density at radius 3 is 2.57 bits per heavy atom. The monoisotopic (exact) mass is 380 g/mol. The van der Waals surface area contributed by atoms with Crippen LogP contribution in [0.15, 0.2) is 64.3 Å². The zero-order valence-electron chi connectivity index (χ0n) is 15.3. The molecule has 0 radical (unpaired) electrons. The lowest BCUT2D eigenvalue weighted by molar-refractivity contribution is 0.0951. The molecule has 0 saturated heterocycles. The number of carbonyl (C=O) groups is 1. The number of aromatic amines is 1. The number of rotatable bonds is 7. The summed E-state index contributed by atoms with van der Waals surface area (Å²) >= 11 is 0. The van der Waals surface area contributed by atoms with Crippen molar-refractivity contribution in [2.45, 2.75) is 13.5 Å². The summed E-state index contributed by atoms with van der Waals surface area (Å²) in [6.45, 7) is 2.95. The number of amides is 1. The molecule has 0 fully saturated rings. The number of benzene rings is 1. The number of aromatic nitrogens is 3. The van der Waals surface area contributed by atoms with E-state index in [2.05, 4.69) is 15.4 Å². The van der Waals surface area contributed by atoms with Gasteiger partial charge >= 0.3 is 0 Å². The molecular weight excluding hydrogens is 360 g/mol.